The van der Waals surface area contributed by atoms with Crippen molar-refractivity contribution in [3.05, 3.63) is 36.0 Å². The summed E-state index contributed by atoms with van der Waals surface area (Å²) in [5.41, 5.74) is -0.479. The molecule has 0 radical (unpaired) electrons. The Labute approximate surface area is 98.3 Å². The molecule has 2 aliphatic rings. The number of allylic oxidation sites excluding steroid dienone is 4. The van der Waals surface area contributed by atoms with Crippen molar-refractivity contribution in [2.45, 2.75) is 37.5 Å². The van der Waals surface area contributed by atoms with E-state index in [0.717, 1.165) is 6.08 Å². The second-order valence-electron chi connectivity index (χ2n) is 4.84. The van der Waals surface area contributed by atoms with Gasteiger partial charge in [-0.05, 0) is 31.8 Å². The fourth-order valence-electron chi connectivity index (χ4n) is 2.67. The molecule has 94 valence electrons. The van der Waals surface area contributed by atoms with Crippen LogP contribution in [0.15, 0.2) is 36.0 Å². The smallest absolute Gasteiger partial charge is 0.170 e. The lowest BCUT2D eigenvalue weighted by Crippen LogP contribution is -2.40. The highest BCUT2D eigenvalue weighted by Crippen LogP contribution is 2.45. The van der Waals surface area contributed by atoms with Crippen LogP contribution in [0.5, 0.6) is 0 Å². The number of hydrogen-bond acceptors (Lipinski definition) is 1. The maximum atomic E-state index is 13.7. The van der Waals surface area contributed by atoms with E-state index in [9.17, 15) is 18.3 Å². The first kappa shape index (κ1) is 12.4. The van der Waals surface area contributed by atoms with Crippen LogP contribution in [-0.4, -0.2) is 16.9 Å². The molecule has 3 atom stereocenters. The molecule has 0 aromatic heterocycles. The third-order valence-corrected chi connectivity index (χ3v) is 3.62. The van der Waals surface area contributed by atoms with Crippen LogP contribution in [0.1, 0.15) is 25.7 Å². The van der Waals surface area contributed by atoms with Crippen molar-refractivity contribution in [3.8, 4) is 0 Å². The van der Waals surface area contributed by atoms with Gasteiger partial charge in [0.15, 0.2) is 17.8 Å². The second kappa shape index (κ2) is 4.33. The van der Waals surface area contributed by atoms with Gasteiger partial charge in [-0.25, -0.2) is 13.2 Å². The van der Waals surface area contributed by atoms with E-state index in [-0.39, 0.29) is 6.42 Å². The lowest BCUT2D eigenvalue weighted by molar-refractivity contribution is -0.0114. The molecule has 0 bridgehead atoms. The number of rotatable bonds is 2. The summed E-state index contributed by atoms with van der Waals surface area (Å²) >= 11 is 0. The normalized spacial score (nSPS) is 37.5. The van der Waals surface area contributed by atoms with E-state index in [1.165, 1.54) is 0 Å². The molecule has 1 saturated carbocycles. The highest BCUT2D eigenvalue weighted by Gasteiger charge is 2.43. The summed E-state index contributed by atoms with van der Waals surface area (Å²) in [7, 11) is 0. The Bertz CT molecular complexity index is 399. The van der Waals surface area contributed by atoms with Gasteiger partial charge in [0.2, 0.25) is 0 Å². The van der Waals surface area contributed by atoms with Gasteiger partial charge in [-0.3, -0.25) is 0 Å². The molecule has 3 unspecified atom stereocenters. The summed E-state index contributed by atoms with van der Waals surface area (Å²) in [5, 5.41) is 10.2. The van der Waals surface area contributed by atoms with Gasteiger partial charge >= 0.3 is 0 Å². The predicted molar refractivity (Wildman–Crippen MR) is 59.3 cm³/mol. The summed E-state index contributed by atoms with van der Waals surface area (Å²) < 4.78 is 39.9. The van der Waals surface area contributed by atoms with E-state index < -0.39 is 29.3 Å². The van der Waals surface area contributed by atoms with Gasteiger partial charge in [0.25, 0.3) is 0 Å². The predicted octanol–water partition coefficient (Wildman–Crippen LogP) is 3.52. The van der Waals surface area contributed by atoms with Gasteiger partial charge in [-0.1, -0.05) is 11.6 Å². The van der Waals surface area contributed by atoms with Crippen LogP contribution < -0.4 is 0 Å². The van der Waals surface area contributed by atoms with Crippen LogP contribution in [0.25, 0.3) is 0 Å². The van der Waals surface area contributed by atoms with Crippen LogP contribution in [0.3, 0.4) is 0 Å². The van der Waals surface area contributed by atoms with Crippen molar-refractivity contribution in [2.75, 3.05) is 0 Å². The van der Waals surface area contributed by atoms with Crippen molar-refractivity contribution in [3.63, 3.8) is 0 Å². The zero-order chi connectivity index (χ0) is 12.6. The van der Waals surface area contributed by atoms with Crippen LogP contribution in [-0.2, 0) is 0 Å². The third-order valence-electron chi connectivity index (χ3n) is 3.62. The van der Waals surface area contributed by atoms with Crippen molar-refractivity contribution in [1.29, 1.82) is 0 Å². The first-order chi connectivity index (χ1) is 7.97. The second-order valence-corrected chi connectivity index (χ2v) is 4.84. The first-order valence-corrected chi connectivity index (χ1v) is 5.70. The Hall–Kier alpha value is -1.03. The molecule has 4 heteroatoms. The van der Waals surface area contributed by atoms with Crippen LogP contribution >= 0.6 is 0 Å². The van der Waals surface area contributed by atoms with Crippen molar-refractivity contribution in [1.82, 2.24) is 0 Å². The van der Waals surface area contributed by atoms with E-state index in [1.54, 1.807) is 6.08 Å². The average Bonchev–Trinajstić information content (AvgIpc) is 2.28. The molecule has 0 amide bonds. The summed E-state index contributed by atoms with van der Waals surface area (Å²) in [4.78, 5) is 0. The number of aliphatic hydroxyl groups is 1. The highest BCUT2D eigenvalue weighted by atomic mass is 19.2. The number of hydrogen-bond donors (Lipinski definition) is 1. The minimum Gasteiger partial charge on any atom is -0.390 e. The maximum absolute atomic E-state index is 13.7. The lowest BCUT2D eigenvalue weighted by atomic mass is 9.70. The SMILES string of the molecule is C=CCC1(O)CCC2=CC(F)=C(F)C(F)C2C1. The Morgan fingerprint density at radius 3 is 2.88 bits per heavy atom. The van der Waals surface area contributed by atoms with Gasteiger partial charge in [-0.2, -0.15) is 0 Å². The fourth-order valence-corrected chi connectivity index (χ4v) is 2.67. The van der Waals surface area contributed by atoms with Gasteiger partial charge < -0.3 is 5.11 Å². The Balaban J connectivity index is 2.24. The molecule has 17 heavy (non-hydrogen) atoms. The molecule has 0 saturated heterocycles. The van der Waals surface area contributed by atoms with E-state index in [4.69, 9.17) is 0 Å². The minimum atomic E-state index is -1.97. The van der Waals surface area contributed by atoms with Gasteiger partial charge in [0, 0.05) is 5.92 Å². The lowest BCUT2D eigenvalue weighted by Gasteiger charge is -2.40. The largest absolute Gasteiger partial charge is 0.390 e. The quantitative estimate of drug-likeness (QED) is 0.737. The molecule has 0 aliphatic heterocycles. The third kappa shape index (κ3) is 2.18. The summed E-state index contributed by atoms with van der Waals surface area (Å²) in [6, 6.07) is 0. The van der Waals surface area contributed by atoms with E-state index in [0.29, 0.717) is 24.8 Å². The molecule has 0 aromatic rings. The summed E-state index contributed by atoms with van der Waals surface area (Å²) in [6.07, 6.45) is 1.97. The molecule has 0 heterocycles. The van der Waals surface area contributed by atoms with Gasteiger partial charge in [0.05, 0.1) is 5.60 Å². The number of alkyl halides is 1. The molecule has 1 nitrogen and oxygen atoms in total. The maximum Gasteiger partial charge on any atom is 0.170 e. The molecule has 2 rings (SSSR count). The zero-order valence-corrected chi connectivity index (χ0v) is 9.43. The summed E-state index contributed by atoms with van der Waals surface area (Å²) in [5.74, 6) is -3.20. The molecule has 2 aliphatic carbocycles. The number of halogens is 3. The molecular weight excluding hydrogens is 229 g/mol. The molecule has 1 N–H and O–H groups in total. The fraction of sp³-hybridized carbons (Fsp3) is 0.538. The average molecular weight is 244 g/mol. The van der Waals surface area contributed by atoms with Crippen molar-refractivity contribution >= 4 is 0 Å². The minimum absolute atomic E-state index is 0.118. The first-order valence-electron chi connectivity index (χ1n) is 5.70. The van der Waals surface area contributed by atoms with Gasteiger partial charge in [-0.15, -0.1) is 6.58 Å². The molecule has 0 spiro atoms. The van der Waals surface area contributed by atoms with Crippen molar-refractivity contribution < 1.29 is 18.3 Å². The Kier molecular flexibility index (Phi) is 3.17. The molecule has 1 fully saturated rings. The highest BCUT2D eigenvalue weighted by molar-refractivity contribution is 5.33. The van der Waals surface area contributed by atoms with E-state index in [1.807, 2.05) is 0 Å². The zero-order valence-electron chi connectivity index (χ0n) is 9.43. The number of fused-ring (bicyclic) bond motifs is 1. The van der Waals surface area contributed by atoms with Gasteiger partial charge in [0.1, 0.15) is 0 Å². The molecular formula is C13H15F3O. The Morgan fingerprint density at radius 1 is 1.53 bits per heavy atom. The van der Waals surface area contributed by atoms with Crippen molar-refractivity contribution in [2.24, 2.45) is 5.92 Å². The van der Waals surface area contributed by atoms with Crippen LogP contribution in [0.4, 0.5) is 13.2 Å². The summed E-state index contributed by atoms with van der Waals surface area (Å²) in [6.45, 7) is 3.54. The topological polar surface area (TPSA) is 20.2 Å². The van der Waals surface area contributed by atoms with Crippen LogP contribution in [0, 0.1) is 5.92 Å². The standard InChI is InChI=1S/C13H15F3O/c1-2-4-13(17)5-3-8-6-10(14)12(16)11(15)9(8)7-13/h2,6,9,11,17H,1,3-5,7H2. The van der Waals surface area contributed by atoms with E-state index in [2.05, 4.69) is 6.58 Å². The monoisotopic (exact) mass is 244 g/mol. The van der Waals surface area contributed by atoms with Crippen LogP contribution in [0.2, 0.25) is 0 Å². The molecule has 0 aromatic carbocycles. The Morgan fingerprint density at radius 2 is 2.24 bits per heavy atom. The van der Waals surface area contributed by atoms with E-state index >= 15 is 0 Å².